The number of benzene rings is 2. The van der Waals surface area contributed by atoms with Crippen molar-refractivity contribution in [1.29, 1.82) is 5.26 Å². The second-order valence-corrected chi connectivity index (χ2v) is 8.82. The zero-order chi connectivity index (χ0) is 25.5. The smallest absolute Gasteiger partial charge is 0.227 e. The fourth-order valence-electron chi connectivity index (χ4n) is 4.17. The van der Waals surface area contributed by atoms with Crippen LogP contribution in [0.25, 0.3) is 11.3 Å². The van der Waals surface area contributed by atoms with E-state index in [1.165, 1.54) is 6.07 Å². The van der Waals surface area contributed by atoms with Crippen molar-refractivity contribution in [2.45, 2.75) is 25.0 Å². The molecular weight excluding hydrogens is 477 g/mol. The summed E-state index contributed by atoms with van der Waals surface area (Å²) in [5, 5.41) is 16.1. The minimum absolute atomic E-state index is 0.0107. The van der Waals surface area contributed by atoms with Gasteiger partial charge in [-0.15, -0.1) is 0 Å². The number of nitrogens with one attached hydrogen (secondary N) is 2. The van der Waals surface area contributed by atoms with Crippen LogP contribution in [0.15, 0.2) is 48.7 Å². The first-order valence-electron chi connectivity index (χ1n) is 12.3. The van der Waals surface area contributed by atoms with Crippen molar-refractivity contribution in [2.75, 3.05) is 44.9 Å². The lowest BCUT2D eigenvalue weighted by atomic mass is 10.1. The molecule has 2 aliphatic heterocycles. The number of halogens is 1. The largest absolute Gasteiger partial charge is 0.489 e. The second kappa shape index (κ2) is 12.0. The topological polar surface area (TPSA) is 111 Å². The summed E-state index contributed by atoms with van der Waals surface area (Å²) in [5.41, 5.74) is 2.41. The van der Waals surface area contributed by atoms with Crippen molar-refractivity contribution in [2.24, 2.45) is 0 Å². The third-order valence-corrected chi connectivity index (χ3v) is 6.14. The van der Waals surface area contributed by atoms with E-state index in [-0.39, 0.29) is 17.9 Å². The highest BCUT2D eigenvalue weighted by Crippen LogP contribution is 2.29. The van der Waals surface area contributed by atoms with E-state index in [4.69, 9.17) is 18.9 Å². The summed E-state index contributed by atoms with van der Waals surface area (Å²) < 4.78 is 36.9. The molecule has 1 atom stereocenters. The molecule has 2 N–H and O–H groups in total. The summed E-state index contributed by atoms with van der Waals surface area (Å²) in [5.74, 6) is 0.564. The highest BCUT2D eigenvalue weighted by molar-refractivity contribution is 5.66. The van der Waals surface area contributed by atoms with E-state index in [0.717, 1.165) is 24.9 Å². The van der Waals surface area contributed by atoms with Gasteiger partial charge in [-0.3, -0.25) is 0 Å². The molecular formula is C27H28FN5O4. The summed E-state index contributed by atoms with van der Waals surface area (Å²) >= 11 is 0. The summed E-state index contributed by atoms with van der Waals surface area (Å²) in [4.78, 5) is 8.86. The summed E-state index contributed by atoms with van der Waals surface area (Å²) in [7, 11) is 0. The van der Waals surface area contributed by atoms with Gasteiger partial charge in [0.25, 0.3) is 0 Å². The van der Waals surface area contributed by atoms with E-state index in [0.29, 0.717) is 61.7 Å². The monoisotopic (exact) mass is 505 g/mol. The molecule has 2 aromatic carbocycles. The Hall–Kier alpha value is -3.78. The summed E-state index contributed by atoms with van der Waals surface area (Å²) in [6.07, 6.45) is 3.27. The lowest BCUT2D eigenvalue weighted by Crippen LogP contribution is -2.44. The van der Waals surface area contributed by atoms with Gasteiger partial charge in [0.2, 0.25) is 5.95 Å². The van der Waals surface area contributed by atoms with Gasteiger partial charge in [0.05, 0.1) is 43.7 Å². The Kier molecular flexibility index (Phi) is 8.05. The molecule has 0 aliphatic carbocycles. The average Bonchev–Trinajstić information content (AvgIpc) is 2.95. The van der Waals surface area contributed by atoms with Gasteiger partial charge in [-0.1, -0.05) is 0 Å². The van der Waals surface area contributed by atoms with Gasteiger partial charge >= 0.3 is 0 Å². The van der Waals surface area contributed by atoms with E-state index < -0.39 is 5.82 Å². The Morgan fingerprint density at radius 2 is 1.97 bits per heavy atom. The normalized spacial score (nSPS) is 18.1. The van der Waals surface area contributed by atoms with Crippen LogP contribution in [-0.2, 0) is 9.47 Å². The maximum atomic E-state index is 14.3. The molecule has 1 aromatic heterocycles. The molecule has 0 bridgehead atoms. The number of aromatic nitrogens is 2. The van der Waals surface area contributed by atoms with Crippen LogP contribution in [0.1, 0.15) is 18.4 Å². The van der Waals surface area contributed by atoms with E-state index in [1.54, 1.807) is 36.5 Å². The summed E-state index contributed by atoms with van der Waals surface area (Å²) in [6, 6.07) is 13.9. The van der Waals surface area contributed by atoms with Gasteiger partial charge < -0.3 is 29.6 Å². The number of morpholine rings is 1. The number of hydrogen-bond donors (Lipinski definition) is 2. The van der Waals surface area contributed by atoms with E-state index in [2.05, 4.69) is 26.7 Å². The number of rotatable bonds is 8. The van der Waals surface area contributed by atoms with Crippen LogP contribution in [0, 0.1) is 17.1 Å². The number of ether oxygens (including phenoxy) is 4. The maximum Gasteiger partial charge on any atom is 0.227 e. The molecule has 0 saturated carbocycles. The van der Waals surface area contributed by atoms with E-state index in [9.17, 15) is 9.65 Å². The molecule has 10 heteroatoms. The molecule has 2 saturated heterocycles. The van der Waals surface area contributed by atoms with Gasteiger partial charge in [-0.2, -0.15) is 5.26 Å². The number of anilines is 2. The third kappa shape index (κ3) is 6.51. The Morgan fingerprint density at radius 1 is 1.08 bits per heavy atom. The first-order valence-corrected chi connectivity index (χ1v) is 12.3. The van der Waals surface area contributed by atoms with Crippen LogP contribution in [0.3, 0.4) is 0 Å². The van der Waals surface area contributed by atoms with Crippen molar-refractivity contribution in [3.8, 4) is 28.8 Å². The van der Waals surface area contributed by atoms with Crippen molar-refractivity contribution in [3.05, 3.63) is 60.0 Å². The molecule has 5 rings (SSSR count). The zero-order valence-electron chi connectivity index (χ0n) is 20.3. The summed E-state index contributed by atoms with van der Waals surface area (Å²) in [6.45, 7) is 3.55. The molecule has 0 amide bonds. The Balaban J connectivity index is 1.28. The molecule has 192 valence electrons. The van der Waals surface area contributed by atoms with Crippen molar-refractivity contribution in [1.82, 2.24) is 15.3 Å². The van der Waals surface area contributed by atoms with Crippen molar-refractivity contribution in [3.63, 3.8) is 0 Å². The SMILES string of the molecule is N#Cc1cc(-c2ccnc(Nc3ccc(F)c(OCC4COCCN4)c3)n2)ccc1OC1CCOCC1. The molecule has 2 fully saturated rings. The fraction of sp³-hybridized carbons (Fsp3) is 0.370. The predicted octanol–water partition coefficient (Wildman–Crippen LogP) is 3.82. The van der Waals surface area contributed by atoms with Gasteiger partial charge in [-0.25, -0.2) is 14.4 Å². The molecule has 3 aromatic rings. The molecule has 3 heterocycles. The Bertz CT molecular complexity index is 1260. The fourth-order valence-corrected chi connectivity index (χ4v) is 4.17. The van der Waals surface area contributed by atoms with Gasteiger partial charge in [0.1, 0.15) is 24.5 Å². The standard InChI is InChI=1S/C27H28FN5O4/c28-23-3-2-20(14-26(23)36-17-21-16-35-12-9-30-21)32-27-31-8-5-24(33-27)18-1-4-25(19(13-18)15-29)37-22-6-10-34-11-7-22/h1-5,8,13-14,21-22,30H,6-7,9-12,16-17H2,(H,31,32,33). The Morgan fingerprint density at radius 3 is 2.78 bits per heavy atom. The van der Waals surface area contributed by atoms with Gasteiger partial charge in [0, 0.05) is 42.9 Å². The second-order valence-electron chi connectivity index (χ2n) is 8.82. The molecule has 9 nitrogen and oxygen atoms in total. The van der Waals surface area contributed by atoms with Crippen molar-refractivity contribution >= 4 is 11.6 Å². The molecule has 2 aliphatic rings. The number of nitriles is 1. The van der Waals surface area contributed by atoms with Crippen LogP contribution in [-0.4, -0.2) is 61.7 Å². The van der Waals surface area contributed by atoms with Gasteiger partial charge in [0.15, 0.2) is 11.6 Å². The van der Waals surface area contributed by atoms with Crippen LogP contribution in [0.5, 0.6) is 11.5 Å². The van der Waals surface area contributed by atoms with Crippen LogP contribution < -0.4 is 20.1 Å². The molecule has 37 heavy (non-hydrogen) atoms. The number of hydrogen-bond acceptors (Lipinski definition) is 9. The molecule has 1 unspecified atom stereocenters. The highest BCUT2D eigenvalue weighted by atomic mass is 19.1. The lowest BCUT2D eigenvalue weighted by molar-refractivity contribution is 0.0254. The predicted molar refractivity (Wildman–Crippen MR) is 134 cm³/mol. The zero-order valence-corrected chi connectivity index (χ0v) is 20.3. The van der Waals surface area contributed by atoms with E-state index in [1.807, 2.05) is 6.07 Å². The van der Waals surface area contributed by atoms with E-state index >= 15 is 0 Å². The Labute approximate surface area is 214 Å². The van der Waals surface area contributed by atoms with Crippen molar-refractivity contribution < 1.29 is 23.3 Å². The maximum absolute atomic E-state index is 14.3. The number of nitrogens with zero attached hydrogens (tertiary/aromatic N) is 3. The van der Waals surface area contributed by atoms with Crippen LogP contribution in [0.4, 0.5) is 16.0 Å². The molecule has 0 radical (unpaired) electrons. The first-order chi connectivity index (χ1) is 18.2. The molecule has 0 spiro atoms. The van der Waals surface area contributed by atoms with Crippen LogP contribution >= 0.6 is 0 Å². The first kappa shape index (κ1) is 24.9. The highest BCUT2D eigenvalue weighted by Gasteiger charge is 2.18. The minimum atomic E-state index is -0.455. The lowest BCUT2D eigenvalue weighted by Gasteiger charge is -2.24. The minimum Gasteiger partial charge on any atom is -0.489 e. The average molecular weight is 506 g/mol. The quantitative estimate of drug-likeness (QED) is 0.472. The van der Waals surface area contributed by atoms with Gasteiger partial charge in [-0.05, 0) is 36.4 Å². The van der Waals surface area contributed by atoms with Crippen LogP contribution in [0.2, 0.25) is 0 Å². The third-order valence-electron chi connectivity index (χ3n) is 6.14.